The zero-order valence-electron chi connectivity index (χ0n) is 11.1. The molecule has 2 nitrogen and oxygen atoms in total. The predicted octanol–water partition coefficient (Wildman–Crippen LogP) is 3.80. The van der Waals surface area contributed by atoms with Gasteiger partial charge in [0.05, 0.1) is 14.2 Å². The number of allylic oxidation sites excluding steroid dienone is 1. The minimum atomic E-state index is 0.895. The van der Waals surface area contributed by atoms with Gasteiger partial charge in [0.25, 0.3) is 0 Å². The van der Waals surface area contributed by atoms with E-state index in [1.165, 1.54) is 22.3 Å². The smallest absolute Gasteiger partial charge is 0.119 e. The third kappa shape index (κ3) is 2.22. The Kier molecular flexibility index (Phi) is 3.00. The van der Waals surface area contributed by atoms with E-state index in [1.807, 2.05) is 18.2 Å². The van der Waals surface area contributed by atoms with Crippen LogP contribution >= 0.6 is 0 Å². The zero-order valence-corrected chi connectivity index (χ0v) is 11.1. The summed E-state index contributed by atoms with van der Waals surface area (Å²) in [5.74, 6) is 1.81. The molecule has 1 aliphatic rings. The number of ether oxygens (including phenoxy) is 2. The molecule has 1 aliphatic carbocycles. The molecule has 2 aromatic rings. The van der Waals surface area contributed by atoms with Crippen LogP contribution in [0.5, 0.6) is 11.5 Å². The normalized spacial score (nSPS) is 12.8. The molecular weight excluding hydrogens is 236 g/mol. The summed E-state index contributed by atoms with van der Waals surface area (Å²) in [6.45, 7) is 0. The molecule has 0 heterocycles. The molecule has 0 unspecified atom stereocenters. The number of methoxy groups -OCH3 is 2. The minimum Gasteiger partial charge on any atom is -0.497 e. The Morgan fingerprint density at radius 1 is 0.895 bits per heavy atom. The SMILES string of the molecule is COc1cccc(C2=Cc3ccc(OC)cc3C2)c1. The van der Waals surface area contributed by atoms with Gasteiger partial charge in [-0.05, 0) is 52.9 Å². The van der Waals surface area contributed by atoms with Gasteiger partial charge < -0.3 is 9.47 Å². The Labute approximate surface area is 113 Å². The molecule has 0 atom stereocenters. The fraction of sp³-hybridized carbons (Fsp3) is 0.176. The van der Waals surface area contributed by atoms with Gasteiger partial charge in [-0.25, -0.2) is 0 Å². The average molecular weight is 252 g/mol. The van der Waals surface area contributed by atoms with Crippen molar-refractivity contribution in [1.82, 2.24) is 0 Å². The molecule has 0 spiro atoms. The van der Waals surface area contributed by atoms with E-state index in [0.717, 1.165) is 17.9 Å². The van der Waals surface area contributed by atoms with Gasteiger partial charge in [0.2, 0.25) is 0 Å². The second-order valence-corrected chi connectivity index (χ2v) is 4.64. The van der Waals surface area contributed by atoms with E-state index in [1.54, 1.807) is 14.2 Å². The number of hydrogen-bond acceptors (Lipinski definition) is 2. The first-order chi connectivity index (χ1) is 9.30. The van der Waals surface area contributed by atoms with Crippen LogP contribution in [0.4, 0.5) is 0 Å². The van der Waals surface area contributed by atoms with Gasteiger partial charge in [0.15, 0.2) is 0 Å². The van der Waals surface area contributed by atoms with Gasteiger partial charge in [-0.15, -0.1) is 0 Å². The molecule has 0 bridgehead atoms. The molecule has 19 heavy (non-hydrogen) atoms. The fourth-order valence-corrected chi connectivity index (χ4v) is 2.46. The second kappa shape index (κ2) is 4.81. The quantitative estimate of drug-likeness (QED) is 0.827. The van der Waals surface area contributed by atoms with Crippen LogP contribution in [0.15, 0.2) is 42.5 Å². The molecule has 2 aromatic carbocycles. The Morgan fingerprint density at radius 2 is 1.68 bits per heavy atom. The van der Waals surface area contributed by atoms with Gasteiger partial charge in [-0.3, -0.25) is 0 Å². The lowest BCUT2D eigenvalue weighted by molar-refractivity contribution is 0.414. The maximum absolute atomic E-state index is 5.28. The van der Waals surface area contributed by atoms with Gasteiger partial charge in [-0.1, -0.05) is 24.3 Å². The first-order valence-corrected chi connectivity index (χ1v) is 6.32. The van der Waals surface area contributed by atoms with Crippen LogP contribution in [0.2, 0.25) is 0 Å². The monoisotopic (exact) mass is 252 g/mol. The van der Waals surface area contributed by atoms with Crippen LogP contribution in [0.1, 0.15) is 16.7 Å². The third-order valence-corrected chi connectivity index (χ3v) is 3.50. The van der Waals surface area contributed by atoms with E-state index in [2.05, 4.69) is 30.3 Å². The molecule has 0 saturated heterocycles. The van der Waals surface area contributed by atoms with E-state index in [9.17, 15) is 0 Å². The maximum Gasteiger partial charge on any atom is 0.119 e. The Bertz CT molecular complexity index is 641. The van der Waals surface area contributed by atoms with Crippen LogP contribution in [-0.4, -0.2) is 14.2 Å². The van der Waals surface area contributed by atoms with E-state index < -0.39 is 0 Å². The molecule has 2 heteroatoms. The minimum absolute atomic E-state index is 0.895. The molecule has 0 fully saturated rings. The molecule has 0 N–H and O–H groups in total. The van der Waals surface area contributed by atoms with Gasteiger partial charge in [0, 0.05) is 0 Å². The first kappa shape index (κ1) is 11.8. The van der Waals surface area contributed by atoms with Crippen molar-refractivity contribution >= 4 is 11.6 Å². The summed E-state index contributed by atoms with van der Waals surface area (Å²) in [4.78, 5) is 0. The van der Waals surface area contributed by atoms with Crippen LogP contribution in [0.3, 0.4) is 0 Å². The predicted molar refractivity (Wildman–Crippen MR) is 77.6 cm³/mol. The van der Waals surface area contributed by atoms with Crippen LogP contribution in [-0.2, 0) is 6.42 Å². The Morgan fingerprint density at radius 3 is 2.47 bits per heavy atom. The van der Waals surface area contributed by atoms with E-state index in [-0.39, 0.29) is 0 Å². The highest BCUT2D eigenvalue weighted by Gasteiger charge is 2.15. The first-order valence-electron chi connectivity index (χ1n) is 6.32. The van der Waals surface area contributed by atoms with Crippen LogP contribution in [0, 0.1) is 0 Å². The highest BCUT2D eigenvalue weighted by molar-refractivity contribution is 5.89. The standard InChI is InChI=1S/C17H16O2/c1-18-16-5-3-4-12(10-16)14-8-13-6-7-17(19-2)11-15(13)9-14/h3-8,10-11H,9H2,1-2H3. The fourth-order valence-electron chi connectivity index (χ4n) is 2.46. The maximum atomic E-state index is 5.28. The van der Waals surface area contributed by atoms with Gasteiger partial charge >= 0.3 is 0 Å². The van der Waals surface area contributed by atoms with E-state index in [0.29, 0.717) is 0 Å². The second-order valence-electron chi connectivity index (χ2n) is 4.64. The van der Waals surface area contributed by atoms with Crippen molar-refractivity contribution in [2.75, 3.05) is 14.2 Å². The largest absolute Gasteiger partial charge is 0.497 e. The van der Waals surface area contributed by atoms with Crippen molar-refractivity contribution in [3.05, 3.63) is 59.2 Å². The molecule has 0 saturated carbocycles. The van der Waals surface area contributed by atoms with Crippen molar-refractivity contribution in [3.8, 4) is 11.5 Å². The van der Waals surface area contributed by atoms with Crippen LogP contribution in [0.25, 0.3) is 11.6 Å². The lowest BCUT2D eigenvalue weighted by Crippen LogP contribution is -1.89. The van der Waals surface area contributed by atoms with Crippen molar-refractivity contribution in [3.63, 3.8) is 0 Å². The number of rotatable bonds is 3. The summed E-state index contributed by atoms with van der Waals surface area (Å²) >= 11 is 0. The summed E-state index contributed by atoms with van der Waals surface area (Å²) in [6.07, 6.45) is 3.18. The number of hydrogen-bond donors (Lipinski definition) is 0. The molecule has 0 aliphatic heterocycles. The molecule has 0 radical (unpaired) electrons. The highest BCUT2D eigenvalue weighted by atomic mass is 16.5. The highest BCUT2D eigenvalue weighted by Crippen LogP contribution is 2.34. The van der Waals surface area contributed by atoms with Crippen molar-refractivity contribution in [1.29, 1.82) is 0 Å². The molecule has 0 amide bonds. The third-order valence-electron chi connectivity index (χ3n) is 3.50. The van der Waals surface area contributed by atoms with Crippen molar-refractivity contribution in [2.24, 2.45) is 0 Å². The zero-order chi connectivity index (χ0) is 13.2. The van der Waals surface area contributed by atoms with Gasteiger partial charge in [-0.2, -0.15) is 0 Å². The van der Waals surface area contributed by atoms with Crippen molar-refractivity contribution in [2.45, 2.75) is 6.42 Å². The summed E-state index contributed by atoms with van der Waals surface area (Å²) in [5, 5.41) is 0. The summed E-state index contributed by atoms with van der Waals surface area (Å²) < 4.78 is 10.6. The summed E-state index contributed by atoms with van der Waals surface area (Å²) in [6, 6.07) is 14.4. The lowest BCUT2D eigenvalue weighted by Gasteiger charge is -2.05. The average Bonchev–Trinajstić information content (AvgIpc) is 2.90. The van der Waals surface area contributed by atoms with E-state index in [4.69, 9.17) is 9.47 Å². The van der Waals surface area contributed by atoms with E-state index >= 15 is 0 Å². The van der Waals surface area contributed by atoms with Crippen LogP contribution < -0.4 is 9.47 Å². The summed E-state index contributed by atoms with van der Waals surface area (Å²) in [5.41, 5.74) is 5.13. The molecule has 0 aromatic heterocycles. The molecular formula is C17H16O2. The number of benzene rings is 2. The van der Waals surface area contributed by atoms with Gasteiger partial charge in [0.1, 0.15) is 11.5 Å². The van der Waals surface area contributed by atoms with Crippen molar-refractivity contribution < 1.29 is 9.47 Å². The molecule has 3 rings (SSSR count). The topological polar surface area (TPSA) is 18.5 Å². The Hall–Kier alpha value is -2.22. The number of fused-ring (bicyclic) bond motifs is 1. The lowest BCUT2D eigenvalue weighted by atomic mass is 10.0. The Balaban J connectivity index is 1.93. The molecule has 96 valence electrons. The summed E-state index contributed by atoms with van der Waals surface area (Å²) in [7, 11) is 3.40.